The molecule has 0 bridgehead atoms. The maximum absolute atomic E-state index is 12.0. The molecule has 1 N–H and O–H groups in total. The van der Waals surface area contributed by atoms with E-state index in [0.717, 1.165) is 19.3 Å². The first-order chi connectivity index (χ1) is 17.6. The Morgan fingerprint density at radius 1 is 0.694 bits per heavy atom. The van der Waals surface area contributed by atoms with E-state index >= 15 is 0 Å². The summed E-state index contributed by atoms with van der Waals surface area (Å²) >= 11 is 0. The van der Waals surface area contributed by atoms with Crippen LogP contribution in [0.5, 0.6) is 0 Å². The van der Waals surface area contributed by atoms with Crippen LogP contribution in [0.2, 0.25) is 0 Å². The number of esters is 1. The zero-order valence-electron chi connectivity index (χ0n) is 23.7. The highest BCUT2D eigenvalue weighted by atomic mass is 16.5. The highest BCUT2D eigenvalue weighted by Crippen LogP contribution is 2.18. The fourth-order valence-electron chi connectivity index (χ4n) is 4.65. The van der Waals surface area contributed by atoms with Gasteiger partial charge in [0.25, 0.3) is 0 Å². The van der Waals surface area contributed by atoms with Gasteiger partial charge in [0, 0.05) is 0 Å². The van der Waals surface area contributed by atoms with Gasteiger partial charge in [-0.05, 0) is 32.1 Å². The standard InChI is InChI=1S/C32H58O4/c1-3-5-6-7-8-9-10-11-12-13-14-15-16-17-18-19-20-21-22-23-24-25-26-27-30(29-31(33)34)32(35)36-28-4-2/h4,14-15,30H,2-3,5-13,16-29H2,1H3,(H,33,34)/b15-14+. The summed E-state index contributed by atoms with van der Waals surface area (Å²) in [6.45, 7) is 5.94. The first-order valence-corrected chi connectivity index (χ1v) is 15.3. The van der Waals surface area contributed by atoms with Crippen LogP contribution in [0.3, 0.4) is 0 Å². The van der Waals surface area contributed by atoms with Gasteiger partial charge in [-0.25, -0.2) is 0 Å². The van der Waals surface area contributed by atoms with Gasteiger partial charge in [-0.15, -0.1) is 0 Å². The molecule has 0 aromatic heterocycles. The summed E-state index contributed by atoms with van der Waals surface area (Å²) in [5.41, 5.74) is 0. The first-order valence-electron chi connectivity index (χ1n) is 15.3. The molecule has 0 aliphatic heterocycles. The van der Waals surface area contributed by atoms with Crippen molar-refractivity contribution in [2.45, 2.75) is 155 Å². The molecule has 0 radical (unpaired) electrons. The highest BCUT2D eigenvalue weighted by molar-refractivity contribution is 5.79. The van der Waals surface area contributed by atoms with Crippen molar-refractivity contribution in [1.29, 1.82) is 0 Å². The fraction of sp³-hybridized carbons (Fsp3) is 0.812. The second kappa shape index (κ2) is 28.0. The fourth-order valence-corrected chi connectivity index (χ4v) is 4.65. The summed E-state index contributed by atoms with van der Waals surface area (Å²) in [7, 11) is 0. The quantitative estimate of drug-likeness (QED) is 0.0651. The molecule has 0 fully saturated rings. The van der Waals surface area contributed by atoms with Crippen molar-refractivity contribution in [2.75, 3.05) is 6.61 Å². The zero-order chi connectivity index (χ0) is 26.5. The molecule has 0 rings (SSSR count). The van der Waals surface area contributed by atoms with Crippen LogP contribution in [0.15, 0.2) is 24.8 Å². The van der Waals surface area contributed by atoms with Crippen LogP contribution in [-0.2, 0) is 14.3 Å². The minimum atomic E-state index is -0.944. The van der Waals surface area contributed by atoms with Crippen molar-refractivity contribution in [3.8, 4) is 0 Å². The number of hydrogen-bond acceptors (Lipinski definition) is 3. The average Bonchev–Trinajstić information content (AvgIpc) is 2.86. The molecule has 0 amide bonds. The minimum absolute atomic E-state index is 0.144. The van der Waals surface area contributed by atoms with E-state index in [-0.39, 0.29) is 13.0 Å². The van der Waals surface area contributed by atoms with E-state index in [0.29, 0.717) is 6.42 Å². The van der Waals surface area contributed by atoms with Crippen LogP contribution in [0, 0.1) is 5.92 Å². The van der Waals surface area contributed by atoms with Crippen LogP contribution >= 0.6 is 0 Å². The van der Waals surface area contributed by atoms with Crippen molar-refractivity contribution in [3.05, 3.63) is 24.8 Å². The van der Waals surface area contributed by atoms with Gasteiger partial charge < -0.3 is 9.84 Å². The van der Waals surface area contributed by atoms with E-state index in [9.17, 15) is 9.59 Å². The Hall–Kier alpha value is -1.58. The Labute approximate surface area is 223 Å². The van der Waals surface area contributed by atoms with Crippen molar-refractivity contribution in [2.24, 2.45) is 5.92 Å². The lowest BCUT2D eigenvalue weighted by Crippen LogP contribution is -2.21. The molecule has 1 unspecified atom stereocenters. The third kappa shape index (κ3) is 25.5. The van der Waals surface area contributed by atoms with Crippen LogP contribution in [-0.4, -0.2) is 23.7 Å². The summed E-state index contributed by atoms with van der Waals surface area (Å²) in [4.78, 5) is 22.9. The lowest BCUT2D eigenvalue weighted by Gasteiger charge is -2.13. The van der Waals surface area contributed by atoms with Crippen LogP contribution in [0.4, 0.5) is 0 Å². The number of aliphatic carboxylic acids is 1. The van der Waals surface area contributed by atoms with Crippen LogP contribution < -0.4 is 0 Å². The van der Waals surface area contributed by atoms with Crippen LogP contribution in [0.25, 0.3) is 0 Å². The maximum atomic E-state index is 12.0. The predicted molar refractivity (Wildman–Crippen MR) is 153 cm³/mol. The van der Waals surface area contributed by atoms with Gasteiger partial charge in [-0.1, -0.05) is 141 Å². The van der Waals surface area contributed by atoms with E-state index in [1.807, 2.05) is 0 Å². The first kappa shape index (κ1) is 34.4. The van der Waals surface area contributed by atoms with Crippen molar-refractivity contribution < 1.29 is 19.4 Å². The molecule has 1 atom stereocenters. The Morgan fingerprint density at radius 3 is 1.53 bits per heavy atom. The number of unbranched alkanes of at least 4 members (excludes halogenated alkanes) is 19. The molecule has 0 aliphatic carbocycles. The third-order valence-electron chi connectivity index (χ3n) is 6.91. The highest BCUT2D eigenvalue weighted by Gasteiger charge is 2.22. The molecule has 0 heterocycles. The number of carboxylic acid groups (broad SMARTS) is 1. The molecule has 0 saturated carbocycles. The van der Waals surface area contributed by atoms with Crippen LogP contribution in [0.1, 0.15) is 155 Å². The Kier molecular flexibility index (Phi) is 26.8. The second-order valence-corrected chi connectivity index (χ2v) is 10.4. The number of hydrogen-bond donors (Lipinski definition) is 1. The molecule has 4 heteroatoms. The topological polar surface area (TPSA) is 63.6 Å². The van der Waals surface area contributed by atoms with Gasteiger partial charge in [-0.2, -0.15) is 0 Å². The molecule has 0 saturated heterocycles. The number of carbonyl (C=O) groups excluding carboxylic acids is 1. The molecule has 0 spiro atoms. The number of rotatable bonds is 28. The third-order valence-corrected chi connectivity index (χ3v) is 6.91. The van der Waals surface area contributed by atoms with Gasteiger partial charge in [0.2, 0.25) is 0 Å². The molecular formula is C32H58O4. The molecule has 0 aliphatic rings. The van der Waals surface area contributed by atoms with Crippen molar-refractivity contribution in [3.63, 3.8) is 0 Å². The Morgan fingerprint density at radius 2 is 1.11 bits per heavy atom. The van der Waals surface area contributed by atoms with Crippen molar-refractivity contribution in [1.82, 2.24) is 0 Å². The summed E-state index contributed by atoms with van der Waals surface area (Å²) in [6.07, 6.45) is 34.1. The number of carboxylic acids is 1. The maximum Gasteiger partial charge on any atom is 0.309 e. The Bertz CT molecular complexity index is 540. The predicted octanol–water partition coefficient (Wildman–Crippen LogP) is 9.96. The molecular weight excluding hydrogens is 448 g/mol. The number of ether oxygens (including phenoxy) is 1. The van der Waals surface area contributed by atoms with E-state index in [2.05, 4.69) is 25.7 Å². The summed E-state index contributed by atoms with van der Waals surface area (Å²) < 4.78 is 5.03. The lowest BCUT2D eigenvalue weighted by atomic mass is 9.97. The van der Waals surface area contributed by atoms with E-state index in [4.69, 9.17) is 9.84 Å². The zero-order valence-corrected chi connectivity index (χ0v) is 23.7. The number of carbonyl (C=O) groups is 2. The average molecular weight is 507 g/mol. The van der Waals surface area contributed by atoms with E-state index in [1.165, 1.54) is 122 Å². The van der Waals surface area contributed by atoms with Gasteiger partial charge in [-0.3, -0.25) is 9.59 Å². The number of allylic oxidation sites excluding steroid dienone is 2. The van der Waals surface area contributed by atoms with E-state index < -0.39 is 17.9 Å². The molecule has 210 valence electrons. The van der Waals surface area contributed by atoms with Gasteiger partial charge >= 0.3 is 11.9 Å². The minimum Gasteiger partial charge on any atom is -0.481 e. The summed E-state index contributed by atoms with van der Waals surface area (Å²) in [5, 5.41) is 9.01. The largest absolute Gasteiger partial charge is 0.481 e. The SMILES string of the molecule is C=CCOC(=O)C(CCCCCCCCCCCC/C=C/CCCCCCCCCCC)CC(=O)O. The summed E-state index contributed by atoms with van der Waals surface area (Å²) in [6, 6.07) is 0. The second-order valence-electron chi connectivity index (χ2n) is 10.4. The summed E-state index contributed by atoms with van der Waals surface area (Å²) in [5.74, 6) is -1.89. The Balaban J connectivity index is 3.41. The van der Waals surface area contributed by atoms with Crippen molar-refractivity contribution >= 4 is 11.9 Å². The van der Waals surface area contributed by atoms with Gasteiger partial charge in [0.1, 0.15) is 6.61 Å². The lowest BCUT2D eigenvalue weighted by molar-refractivity contribution is -0.152. The normalized spacial score (nSPS) is 12.1. The van der Waals surface area contributed by atoms with Gasteiger partial charge in [0.15, 0.2) is 0 Å². The van der Waals surface area contributed by atoms with E-state index in [1.54, 1.807) is 0 Å². The van der Waals surface area contributed by atoms with Gasteiger partial charge in [0.05, 0.1) is 12.3 Å². The molecule has 4 nitrogen and oxygen atoms in total. The molecule has 0 aromatic rings. The smallest absolute Gasteiger partial charge is 0.309 e. The molecule has 0 aromatic carbocycles. The molecule has 36 heavy (non-hydrogen) atoms. The monoisotopic (exact) mass is 506 g/mol.